The summed E-state index contributed by atoms with van der Waals surface area (Å²) in [5.74, 6) is 0. The number of halogens is 1. The minimum atomic E-state index is 0.241. The number of hydrogen-bond acceptors (Lipinski definition) is 1. The Hall–Kier alpha value is -0.530. The van der Waals surface area contributed by atoms with Crippen LogP contribution in [0.25, 0.3) is 0 Å². The number of aryl methyl sites for hydroxylation is 2. The van der Waals surface area contributed by atoms with Gasteiger partial charge in [0, 0.05) is 11.6 Å². The Morgan fingerprint density at radius 2 is 2.00 bits per heavy atom. The molecule has 0 heterocycles. The molecule has 0 aromatic heterocycles. The van der Waals surface area contributed by atoms with Crippen LogP contribution in [0.1, 0.15) is 23.1 Å². The molecule has 1 aromatic rings. The molecule has 0 unspecified atom stereocenters. The lowest BCUT2D eigenvalue weighted by Crippen LogP contribution is -1.94. The van der Waals surface area contributed by atoms with E-state index >= 15 is 0 Å². The highest BCUT2D eigenvalue weighted by atomic mass is 35.5. The fraction of sp³-hybridized carbons (Fsp3) is 0.455. The Kier molecular flexibility index (Phi) is 3.76. The van der Waals surface area contributed by atoms with Crippen molar-refractivity contribution in [1.82, 2.24) is 0 Å². The highest BCUT2D eigenvalue weighted by Crippen LogP contribution is 2.22. The van der Waals surface area contributed by atoms with Gasteiger partial charge in [0.05, 0.1) is 0 Å². The van der Waals surface area contributed by atoms with Crippen molar-refractivity contribution in [3.63, 3.8) is 0 Å². The Morgan fingerprint density at radius 3 is 2.62 bits per heavy atom. The first-order valence-corrected chi connectivity index (χ1v) is 4.89. The van der Waals surface area contributed by atoms with Gasteiger partial charge in [-0.2, -0.15) is 0 Å². The van der Waals surface area contributed by atoms with Crippen molar-refractivity contribution in [2.75, 3.05) is 6.61 Å². The molecule has 1 N–H and O–H groups in total. The number of aliphatic hydroxyl groups excluding tert-OH is 1. The zero-order chi connectivity index (χ0) is 9.84. The molecular formula is C11H15ClO. The van der Waals surface area contributed by atoms with Crippen molar-refractivity contribution < 1.29 is 5.11 Å². The lowest BCUT2D eigenvalue weighted by atomic mass is 10.0. The van der Waals surface area contributed by atoms with Crippen LogP contribution in [-0.4, -0.2) is 11.7 Å². The molecule has 13 heavy (non-hydrogen) atoms. The predicted molar refractivity (Wildman–Crippen MR) is 56.3 cm³/mol. The molecule has 1 rings (SSSR count). The summed E-state index contributed by atoms with van der Waals surface area (Å²) in [4.78, 5) is 0. The lowest BCUT2D eigenvalue weighted by Gasteiger charge is -2.08. The molecule has 0 aliphatic carbocycles. The third kappa shape index (κ3) is 2.71. The number of benzene rings is 1. The van der Waals surface area contributed by atoms with E-state index in [0.717, 1.165) is 23.4 Å². The molecule has 0 saturated carbocycles. The van der Waals surface area contributed by atoms with Crippen molar-refractivity contribution in [2.45, 2.75) is 26.7 Å². The van der Waals surface area contributed by atoms with Gasteiger partial charge in [0.2, 0.25) is 0 Å². The Morgan fingerprint density at radius 1 is 1.31 bits per heavy atom. The van der Waals surface area contributed by atoms with E-state index in [2.05, 4.69) is 6.07 Å². The normalized spacial score (nSPS) is 10.5. The molecule has 0 aliphatic heterocycles. The first kappa shape index (κ1) is 10.6. The maximum atomic E-state index is 8.72. The van der Waals surface area contributed by atoms with Crippen LogP contribution in [0.3, 0.4) is 0 Å². The maximum absolute atomic E-state index is 8.72. The third-order valence-electron chi connectivity index (χ3n) is 2.20. The second kappa shape index (κ2) is 4.64. The number of hydrogen-bond donors (Lipinski definition) is 1. The minimum Gasteiger partial charge on any atom is -0.396 e. The SMILES string of the molecule is Cc1cc(Cl)c(C)c(CCCO)c1. The summed E-state index contributed by atoms with van der Waals surface area (Å²) in [7, 11) is 0. The second-order valence-corrected chi connectivity index (χ2v) is 3.77. The summed E-state index contributed by atoms with van der Waals surface area (Å²) in [6.07, 6.45) is 1.71. The lowest BCUT2D eigenvalue weighted by molar-refractivity contribution is 0.288. The highest BCUT2D eigenvalue weighted by molar-refractivity contribution is 6.31. The predicted octanol–water partition coefficient (Wildman–Crippen LogP) is 2.88. The monoisotopic (exact) mass is 198 g/mol. The molecule has 0 fully saturated rings. The van der Waals surface area contributed by atoms with Gasteiger partial charge in [-0.05, 0) is 49.4 Å². The molecule has 0 aliphatic rings. The van der Waals surface area contributed by atoms with E-state index in [4.69, 9.17) is 16.7 Å². The van der Waals surface area contributed by atoms with Gasteiger partial charge in [0.25, 0.3) is 0 Å². The van der Waals surface area contributed by atoms with Crippen LogP contribution in [0.15, 0.2) is 12.1 Å². The fourth-order valence-corrected chi connectivity index (χ4v) is 1.71. The van der Waals surface area contributed by atoms with E-state index in [1.165, 1.54) is 11.1 Å². The Balaban J connectivity index is 2.92. The van der Waals surface area contributed by atoms with Gasteiger partial charge in [-0.25, -0.2) is 0 Å². The molecular weight excluding hydrogens is 184 g/mol. The van der Waals surface area contributed by atoms with Crippen LogP contribution in [0.5, 0.6) is 0 Å². The highest BCUT2D eigenvalue weighted by Gasteiger charge is 2.03. The first-order valence-electron chi connectivity index (χ1n) is 4.51. The van der Waals surface area contributed by atoms with E-state index in [0.29, 0.717) is 0 Å². The number of rotatable bonds is 3. The fourth-order valence-electron chi connectivity index (χ4n) is 1.42. The second-order valence-electron chi connectivity index (χ2n) is 3.36. The van der Waals surface area contributed by atoms with E-state index in [-0.39, 0.29) is 6.61 Å². The minimum absolute atomic E-state index is 0.241. The van der Waals surface area contributed by atoms with E-state index in [1.54, 1.807) is 0 Å². The van der Waals surface area contributed by atoms with Gasteiger partial charge in [0.15, 0.2) is 0 Å². The van der Waals surface area contributed by atoms with Crippen LogP contribution < -0.4 is 0 Å². The van der Waals surface area contributed by atoms with Crippen molar-refractivity contribution in [3.8, 4) is 0 Å². The summed E-state index contributed by atoms with van der Waals surface area (Å²) < 4.78 is 0. The van der Waals surface area contributed by atoms with Gasteiger partial charge in [-0.3, -0.25) is 0 Å². The third-order valence-corrected chi connectivity index (χ3v) is 2.59. The van der Waals surface area contributed by atoms with Crippen LogP contribution >= 0.6 is 11.6 Å². The van der Waals surface area contributed by atoms with Gasteiger partial charge in [0.1, 0.15) is 0 Å². The zero-order valence-electron chi connectivity index (χ0n) is 8.10. The van der Waals surface area contributed by atoms with Crippen molar-refractivity contribution in [2.24, 2.45) is 0 Å². The van der Waals surface area contributed by atoms with Gasteiger partial charge < -0.3 is 5.11 Å². The van der Waals surface area contributed by atoms with Crippen LogP contribution in [0, 0.1) is 13.8 Å². The Labute approximate surface area is 84.4 Å². The van der Waals surface area contributed by atoms with E-state index in [1.807, 2.05) is 19.9 Å². The van der Waals surface area contributed by atoms with Crippen LogP contribution in [0.4, 0.5) is 0 Å². The molecule has 0 bridgehead atoms. The van der Waals surface area contributed by atoms with E-state index in [9.17, 15) is 0 Å². The standard InChI is InChI=1S/C11H15ClO/c1-8-6-10(4-3-5-13)9(2)11(12)7-8/h6-7,13H,3-5H2,1-2H3. The van der Waals surface area contributed by atoms with Gasteiger partial charge >= 0.3 is 0 Å². The van der Waals surface area contributed by atoms with Crippen molar-refractivity contribution in [1.29, 1.82) is 0 Å². The summed E-state index contributed by atoms with van der Waals surface area (Å²) >= 11 is 6.04. The topological polar surface area (TPSA) is 20.2 Å². The molecule has 0 spiro atoms. The summed E-state index contributed by atoms with van der Waals surface area (Å²) in [5, 5.41) is 9.55. The molecule has 72 valence electrons. The zero-order valence-corrected chi connectivity index (χ0v) is 8.86. The van der Waals surface area contributed by atoms with Crippen LogP contribution in [-0.2, 0) is 6.42 Å². The van der Waals surface area contributed by atoms with Crippen LogP contribution in [0.2, 0.25) is 5.02 Å². The smallest absolute Gasteiger partial charge is 0.0440 e. The average Bonchev–Trinajstić information content (AvgIpc) is 2.09. The molecule has 0 atom stereocenters. The quantitative estimate of drug-likeness (QED) is 0.792. The molecule has 1 nitrogen and oxygen atoms in total. The molecule has 0 amide bonds. The van der Waals surface area contributed by atoms with E-state index < -0.39 is 0 Å². The first-order chi connectivity index (χ1) is 6.15. The largest absolute Gasteiger partial charge is 0.396 e. The molecule has 0 radical (unpaired) electrons. The van der Waals surface area contributed by atoms with Gasteiger partial charge in [-0.1, -0.05) is 17.7 Å². The van der Waals surface area contributed by atoms with Gasteiger partial charge in [-0.15, -0.1) is 0 Å². The molecule has 2 heteroatoms. The molecule has 1 aromatic carbocycles. The van der Waals surface area contributed by atoms with Crippen molar-refractivity contribution >= 4 is 11.6 Å². The average molecular weight is 199 g/mol. The summed E-state index contributed by atoms with van der Waals surface area (Å²) in [5.41, 5.74) is 3.57. The Bertz CT molecular complexity index is 294. The summed E-state index contributed by atoms with van der Waals surface area (Å²) in [6.45, 7) is 4.30. The molecule has 0 saturated heterocycles. The van der Waals surface area contributed by atoms with Crippen molar-refractivity contribution in [3.05, 3.63) is 33.8 Å². The maximum Gasteiger partial charge on any atom is 0.0440 e. The summed E-state index contributed by atoms with van der Waals surface area (Å²) in [6, 6.07) is 4.11. The number of aliphatic hydroxyl groups is 1.